The van der Waals surface area contributed by atoms with Crippen LogP contribution >= 0.6 is 0 Å². The maximum absolute atomic E-state index is 11.0. The molecule has 0 aliphatic carbocycles. The fourth-order valence-corrected chi connectivity index (χ4v) is 0.345. The van der Waals surface area contributed by atoms with Crippen molar-refractivity contribution in [3.8, 4) is 0 Å². The van der Waals surface area contributed by atoms with Gasteiger partial charge in [0, 0.05) is 0 Å². The van der Waals surface area contributed by atoms with Crippen LogP contribution in [0, 0.1) is 0 Å². The summed E-state index contributed by atoms with van der Waals surface area (Å²) in [5.74, 6) is 0. The second-order valence-electron chi connectivity index (χ2n) is 1.08. The maximum atomic E-state index is 11.0. The van der Waals surface area contributed by atoms with Crippen LogP contribution in [0.4, 0.5) is 13.2 Å². The minimum absolute atomic E-state index is 0. The molecular weight excluding hydrogens is 168 g/mol. The Hall–Kier alpha value is 0.457. The molecule has 0 aliphatic rings. The van der Waals surface area contributed by atoms with Crippen molar-refractivity contribution in [1.82, 2.24) is 0 Å². The van der Waals surface area contributed by atoms with Gasteiger partial charge in [0.25, 0.3) is 0 Å². The summed E-state index contributed by atoms with van der Waals surface area (Å²) in [5.41, 5.74) is 0. The van der Waals surface area contributed by atoms with E-state index in [1.807, 2.05) is 0 Å². The van der Waals surface area contributed by atoms with Gasteiger partial charge in [0.1, 0.15) is 0 Å². The Morgan fingerprint density at radius 2 is 1.90 bits per heavy atom. The molecule has 0 amide bonds. The summed E-state index contributed by atoms with van der Waals surface area (Å²) in [7, 11) is 0. The van der Waals surface area contributed by atoms with Crippen LogP contribution in [-0.4, -0.2) is 21.5 Å². The summed E-state index contributed by atoms with van der Waals surface area (Å²) in [6.45, 7) is -1.76. The van der Waals surface area contributed by atoms with Gasteiger partial charge in [-0.1, -0.05) is 0 Å². The van der Waals surface area contributed by atoms with Crippen LogP contribution in [0.1, 0.15) is 0 Å². The second kappa shape index (κ2) is 5.15. The molecule has 0 aliphatic heterocycles. The van der Waals surface area contributed by atoms with E-state index in [2.05, 4.69) is 4.18 Å². The van der Waals surface area contributed by atoms with Gasteiger partial charge in [-0.2, -0.15) is 13.2 Å². The van der Waals surface area contributed by atoms with Crippen molar-refractivity contribution in [1.29, 1.82) is 0 Å². The molecule has 56 valence electrons. The van der Waals surface area contributed by atoms with Gasteiger partial charge >= 0.3 is 25.0 Å². The van der Waals surface area contributed by atoms with Crippen molar-refractivity contribution in [3.63, 3.8) is 0 Å². The molecular formula is C2H2F3LiO3S. The number of halogens is 3. The van der Waals surface area contributed by atoms with Crippen molar-refractivity contribution in [2.75, 3.05) is 6.61 Å². The average Bonchev–Trinajstić information content (AvgIpc) is 1.59. The smallest absolute Gasteiger partial charge is 0.750 e. The Kier molecular flexibility index (Phi) is 6.74. The van der Waals surface area contributed by atoms with E-state index >= 15 is 0 Å². The standard InChI is InChI=1S/C2H3F3O3S.Li/c3-2(4,5)1-8-9(6)7;/h1H2,(H,6,7);/q;+1/p-1. The van der Waals surface area contributed by atoms with Crippen molar-refractivity contribution in [3.05, 3.63) is 0 Å². The van der Waals surface area contributed by atoms with E-state index in [1.54, 1.807) is 0 Å². The summed E-state index contributed by atoms with van der Waals surface area (Å²) in [6.07, 6.45) is -4.58. The molecule has 3 nitrogen and oxygen atoms in total. The summed E-state index contributed by atoms with van der Waals surface area (Å²) >= 11 is -3.08. The Bertz CT molecular complexity index is 115. The van der Waals surface area contributed by atoms with Crippen LogP contribution < -0.4 is 18.9 Å². The molecule has 0 spiro atoms. The molecule has 0 saturated carbocycles. The van der Waals surface area contributed by atoms with Crippen molar-refractivity contribution >= 4 is 11.4 Å². The van der Waals surface area contributed by atoms with E-state index in [-0.39, 0.29) is 18.9 Å². The Morgan fingerprint density at radius 1 is 1.50 bits per heavy atom. The molecule has 0 N–H and O–H groups in total. The predicted molar refractivity (Wildman–Crippen MR) is 20.9 cm³/mol. The molecule has 1 atom stereocenters. The third-order valence-electron chi connectivity index (χ3n) is 0.319. The maximum Gasteiger partial charge on any atom is 1.00 e. The molecule has 10 heavy (non-hydrogen) atoms. The van der Waals surface area contributed by atoms with Crippen LogP contribution in [0.2, 0.25) is 0 Å². The van der Waals surface area contributed by atoms with Crippen LogP contribution in [0.3, 0.4) is 0 Å². The predicted octanol–water partition coefficient (Wildman–Crippen LogP) is -2.64. The van der Waals surface area contributed by atoms with Gasteiger partial charge in [-0.05, 0) is 0 Å². The van der Waals surface area contributed by atoms with Gasteiger partial charge in [0.05, 0.1) is 11.4 Å². The van der Waals surface area contributed by atoms with E-state index in [0.717, 1.165) is 0 Å². The van der Waals surface area contributed by atoms with Crippen molar-refractivity contribution in [2.24, 2.45) is 0 Å². The molecule has 0 saturated heterocycles. The second-order valence-corrected chi connectivity index (χ2v) is 1.73. The fraction of sp³-hybridized carbons (Fsp3) is 1.00. The number of alkyl halides is 3. The molecule has 0 rings (SSSR count). The van der Waals surface area contributed by atoms with E-state index in [4.69, 9.17) is 0 Å². The summed E-state index contributed by atoms with van der Waals surface area (Å²) < 4.78 is 54.9. The Morgan fingerprint density at radius 3 is 2.00 bits per heavy atom. The topological polar surface area (TPSA) is 49.4 Å². The molecule has 0 bridgehead atoms. The number of hydrogen-bond donors (Lipinski definition) is 0. The first kappa shape index (κ1) is 13.1. The van der Waals surface area contributed by atoms with Gasteiger partial charge < -0.3 is 4.55 Å². The van der Waals surface area contributed by atoms with Crippen LogP contribution in [-0.2, 0) is 15.5 Å². The zero-order valence-corrected chi connectivity index (χ0v) is 5.79. The number of rotatable bonds is 2. The SMILES string of the molecule is O=S([O-])OCC(F)(F)F.[Li+]. The Labute approximate surface area is 69.6 Å². The minimum atomic E-state index is -4.58. The summed E-state index contributed by atoms with van der Waals surface area (Å²) in [4.78, 5) is 0. The van der Waals surface area contributed by atoms with E-state index in [0.29, 0.717) is 0 Å². The third kappa shape index (κ3) is 11.3. The quantitative estimate of drug-likeness (QED) is 0.336. The molecule has 0 aromatic heterocycles. The molecule has 0 heterocycles. The van der Waals surface area contributed by atoms with Crippen LogP contribution in [0.5, 0.6) is 0 Å². The normalized spacial score (nSPS) is 14.0. The molecule has 8 heteroatoms. The molecule has 1 unspecified atom stereocenters. The fourth-order valence-electron chi connectivity index (χ4n) is 0.115. The summed E-state index contributed by atoms with van der Waals surface area (Å²) in [6, 6.07) is 0. The van der Waals surface area contributed by atoms with Gasteiger partial charge in [-0.3, -0.25) is 4.18 Å². The Balaban J connectivity index is 0. The largest absolute Gasteiger partial charge is 1.00 e. The first-order chi connectivity index (χ1) is 3.92. The summed E-state index contributed by atoms with van der Waals surface area (Å²) in [5, 5.41) is 0. The minimum Gasteiger partial charge on any atom is -0.750 e. The van der Waals surface area contributed by atoms with Gasteiger partial charge in [-0.15, -0.1) is 0 Å². The van der Waals surface area contributed by atoms with E-state index in [9.17, 15) is 21.9 Å². The zero-order valence-electron chi connectivity index (χ0n) is 4.97. The van der Waals surface area contributed by atoms with Crippen molar-refractivity contribution in [2.45, 2.75) is 6.18 Å². The molecule has 0 radical (unpaired) electrons. The first-order valence-electron chi connectivity index (χ1n) is 1.71. The van der Waals surface area contributed by atoms with Crippen molar-refractivity contribution < 1.29 is 45.0 Å². The monoisotopic (exact) mass is 170 g/mol. The molecule has 0 fully saturated rings. The number of hydrogen-bond acceptors (Lipinski definition) is 3. The van der Waals surface area contributed by atoms with Gasteiger partial charge in [0.2, 0.25) is 0 Å². The van der Waals surface area contributed by atoms with Gasteiger partial charge in [-0.25, -0.2) is 4.21 Å². The first-order valence-corrected chi connectivity index (χ1v) is 2.71. The van der Waals surface area contributed by atoms with Crippen LogP contribution in [0.15, 0.2) is 0 Å². The average molecular weight is 170 g/mol. The molecule has 0 aromatic rings. The zero-order chi connectivity index (χ0) is 7.49. The van der Waals surface area contributed by atoms with Gasteiger partial charge in [0.15, 0.2) is 6.61 Å². The third-order valence-corrected chi connectivity index (χ3v) is 0.629. The van der Waals surface area contributed by atoms with E-state index < -0.39 is 24.1 Å². The van der Waals surface area contributed by atoms with Crippen LogP contribution in [0.25, 0.3) is 0 Å². The molecule has 0 aromatic carbocycles. The van der Waals surface area contributed by atoms with E-state index in [1.165, 1.54) is 0 Å².